The van der Waals surface area contributed by atoms with Crippen molar-refractivity contribution in [3.05, 3.63) is 33.5 Å². The molecule has 0 amide bonds. The van der Waals surface area contributed by atoms with E-state index in [4.69, 9.17) is 10.2 Å². The predicted octanol–water partition coefficient (Wildman–Crippen LogP) is 1.75. The van der Waals surface area contributed by atoms with Gasteiger partial charge >= 0.3 is 4.94 Å². The summed E-state index contributed by atoms with van der Waals surface area (Å²) in [6.07, 6.45) is 1.93. The van der Waals surface area contributed by atoms with E-state index in [0.29, 0.717) is 12.1 Å². The Kier molecular flexibility index (Phi) is 2.65. The topological polar surface area (TPSA) is 56.2 Å². The first-order valence-corrected chi connectivity index (χ1v) is 5.34. The van der Waals surface area contributed by atoms with Gasteiger partial charge in [0, 0.05) is 0 Å². The van der Waals surface area contributed by atoms with E-state index in [-0.39, 0.29) is 4.94 Å². The maximum absolute atomic E-state index is 10.9. The third-order valence-corrected chi connectivity index (χ3v) is 2.85. The van der Waals surface area contributed by atoms with Gasteiger partial charge in [0.2, 0.25) is 0 Å². The van der Waals surface area contributed by atoms with Crippen LogP contribution in [0.5, 0.6) is 0 Å². The molecule has 0 aliphatic carbocycles. The molecule has 0 fully saturated rings. The summed E-state index contributed by atoms with van der Waals surface area (Å²) >= 11 is 1.15. The van der Waals surface area contributed by atoms with Crippen molar-refractivity contribution in [1.82, 2.24) is 0 Å². The highest BCUT2D eigenvalue weighted by Gasteiger charge is 2.02. The lowest BCUT2D eigenvalue weighted by Gasteiger charge is -1.97. The summed E-state index contributed by atoms with van der Waals surface area (Å²) in [6, 6.07) is 5.83. The van der Waals surface area contributed by atoms with Gasteiger partial charge in [0.25, 0.3) is 0 Å². The van der Waals surface area contributed by atoms with E-state index in [2.05, 4.69) is 0 Å². The monoisotopic (exact) mass is 209 g/mol. The SMILES string of the molecule is NCCCc1ccc2oc(=O)sc2c1. The van der Waals surface area contributed by atoms with Crippen LogP contribution in [0.4, 0.5) is 0 Å². The van der Waals surface area contributed by atoms with Gasteiger partial charge in [0.05, 0.1) is 4.70 Å². The summed E-state index contributed by atoms with van der Waals surface area (Å²) in [5.74, 6) is 0. The zero-order valence-corrected chi connectivity index (χ0v) is 8.47. The van der Waals surface area contributed by atoms with Crippen LogP contribution in [-0.4, -0.2) is 6.54 Å². The van der Waals surface area contributed by atoms with Gasteiger partial charge in [-0.25, -0.2) is 4.79 Å². The molecule has 0 saturated carbocycles. The first-order chi connectivity index (χ1) is 6.79. The third-order valence-electron chi connectivity index (χ3n) is 2.06. The number of rotatable bonds is 3. The Labute approximate surface area is 85.2 Å². The molecular weight excluding hydrogens is 198 g/mol. The van der Waals surface area contributed by atoms with Crippen molar-refractivity contribution in [1.29, 1.82) is 0 Å². The number of aryl methyl sites for hydroxylation is 1. The lowest BCUT2D eigenvalue weighted by atomic mass is 10.1. The van der Waals surface area contributed by atoms with E-state index in [1.807, 2.05) is 18.2 Å². The Morgan fingerprint density at radius 1 is 1.43 bits per heavy atom. The van der Waals surface area contributed by atoms with Crippen LogP contribution in [0.3, 0.4) is 0 Å². The maximum Gasteiger partial charge on any atom is 0.396 e. The first-order valence-electron chi connectivity index (χ1n) is 4.52. The fourth-order valence-electron chi connectivity index (χ4n) is 1.38. The summed E-state index contributed by atoms with van der Waals surface area (Å²) in [6.45, 7) is 0.694. The van der Waals surface area contributed by atoms with Crippen LogP contribution < -0.4 is 10.7 Å². The molecule has 0 spiro atoms. The minimum absolute atomic E-state index is 0.240. The van der Waals surface area contributed by atoms with Gasteiger partial charge in [-0.05, 0) is 37.1 Å². The molecule has 74 valence electrons. The molecule has 0 unspecified atom stereocenters. The van der Waals surface area contributed by atoms with Gasteiger partial charge in [0.15, 0.2) is 0 Å². The molecule has 2 N–H and O–H groups in total. The van der Waals surface area contributed by atoms with Crippen LogP contribution in [0.1, 0.15) is 12.0 Å². The zero-order valence-electron chi connectivity index (χ0n) is 7.66. The van der Waals surface area contributed by atoms with Gasteiger partial charge < -0.3 is 10.2 Å². The molecule has 2 aromatic rings. The van der Waals surface area contributed by atoms with E-state index in [1.165, 1.54) is 5.56 Å². The molecule has 0 aliphatic heterocycles. The van der Waals surface area contributed by atoms with Crippen LogP contribution in [0.25, 0.3) is 10.3 Å². The molecule has 0 atom stereocenters. The highest BCUT2D eigenvalue weighted by molar-refractivity contribution is 7.16. The maximum atomic E-state index is 10.9. The fraction of sp³-hybridized carbons (Fsp3) is 0.300. The van der Waals surface area contributed by atoms with Crippen LogP contribution in [-0.2, 0) is 6.42 Å². The molecule has 3 nitrogen and oxygen atoms in total. The van der Waals surface area contributed by atoms with Crippen LogP contribution in [0, 0.1) is 0 Å². The quantitative estimate of drug-likeness (QED) is 0.837. The zero-order chi connectivity index (χ0) is 9.97. The van der Waals surface area contributed by atoms with Crippen molar-refractivity contribution in [2.45, 2.75) is 12.8 Å². The number of hydrogen-bond donors (Lipinski definition) is 1. The average Bonchev–Trinajstić information content (AvgIpc) is 2.54. The van der Waals surface area contributed by atoms with Crippen LogP contribution in [0.2, 0.25) is 0 Å². The molecule has 0 radical (unpaired) electrons. The van der Waals surface area contributed by atoms with Crippen molar-refractivity contribution in [3.63, 3.8) is 0 Å². The lowest BCUT2D eigenvalue weighted by molar-refractivity contribution is 0.585. The molecule has 1 aromatic heterocycles. The molecule has 1 aromatic carbocycles. The second-order valence-corrected chi connectivity index (χ2v) is 4.10. The van der Waals surface area contributed by atoms with E-state index < -0.39 is 0 Å². The average molecular weight is 209 g/mol. The molecule has 0 bridgehead atoms. The molecule has 0 aliphatic rings. The predicted molar refractivity (Wildman–Crippen MR) is 57.7 cm³/mol. The Morgan fingerprint density at radius 3 is 3.07 bits per heavy atom. The molecule has 14 heavy (non-hydrogen) atoms. The first kappa shape index (κ1) is 9.43. The Morgan fingerprint density at radius 2 is 2.29 bits per heavy atom. The van der Waals surface area contributed by atoms with E-state index in [1.54, 1.807) is 0 Å². The van der Waals surface area contributed by atoms with E-state index in [0.717, 1.165) is 28.9 Å². The summed E-state index contributed by atoms with van der Waals surface area (Å²) in [7, 11) is 0. The van der Waals surface area contributed by atoms with Crippen molar-refractivity contribution >= 4 is 21.6 Å². The van der Waals surface area contributed by atoms with Crippen molar-refractivity contribution in [3.8, 4) is 0 Å². The smallest absolute Gasteiger partial charge is 0.396 e. The summed E-state index contributed by atoms with van der Waals surface area (Å²) < 4.78 is 5.89. The number of benzene rings is 1. The fourth-order valence-corrected chi connectivity index (χ4v) is 2.11. The van der Waals surface area contributed by atoms with Gasteiger partial charge in [-0.3, -0.25) is 0 Å². The highest BCUT2D eigenvalue weighted by Crippen LogP contribution is 2.19. The van der Waals surface area contributed by atoms with E-state index >= 15 is 0 Å². The molecule has 1 heterocycles. The number of hydrogen-bond acceptors (Lipinski definition) is 4. The van der Waals surface area contributed by atoms with Gasteiger partial charge in [0.1, 0.15) is 5.58 Å². The number of nitrogens with two attached hydrogens (primary N) is 1. The second-order valence-electron chi connectivity index (χ2n) is 3.13. The van der Waals surface area contributed by atoms with E-state index in [9.17, 15) is 4.79 Å². The Hall–Kier alpha value is -1.13. The Balaban J connectivity index is 2.35. The van der Waals surface area contributed by atoms with Crippen molar-refractivity contribution < 1.29 is 4.42 Å². The second kappa shape index (κ2) is 3.94. The minimum atomic E-state index is -0.240. The summed E-state index contributed by atoms with van der Waals surface area (Å²) in [5, 5.41) is 0. The molecular formula is C10H11NO2S. The van der Waals surface area contributed by atoms with Crippen molar-refractivity contribution in [2.24, 2.45) is 5.73 Å². The minimum Gasteiger partial charge on any atom is -0.414 e. The van der Waals surface area contributed by atoms with Gasteiger partial charge in [-0.1, -0.05) is 17.4 Å². The third kappa shape index (κ3) is 1.86. The molecule has 2 rings (SSSR count). The Bertz CT molecular complexity index is 486. The largest absolute Gasteiger partial charge is 0.414 e. The van der Waals surface area contributed by atoms with Crippen molar-refractivity contribution in [2.75, 3.05) is 6.54 Å². The molecule has 4 heteroatoms. The van der Waals surface area contributed by atoms with Crippen LogP contribution in [0.15, 0.2) is 27.4 Å². The number of fused-ring (bicyclic) bond motifs is 1. The summed E-state index contributed by atoms with van der Waals surface area (Å²) in [5.41, 5.74) is 7.31. The molecule has 0 saturated heterocycles. The van der Waals surface area contributed by atoms with Gasteiger partial charge in [-0.2, -0.15) is 0 Å². The summed E-state index contributed by atoms with van der Waals surface area (Å²) in [4.78, 5) is 10.7. The lowest BCUT2D eigenvalue weighted by Crippen LogP contribution is -1.99. The van der Waals surface area contributed by atoms with Crippen LogP contribution >= 0.6 is 11.3 Å². The standard InChI is InChI=1S/C10H11NO2S/c11-5-1-2-7-3-4-8-9(6-7)14-10(12)13-8/h3-4,6H,1-2,5,11H2. The highest BCUT2D eigenvalue weighted by atomic mass is 32.1. The normalized spacial score (nSPS) is 10.9. The van der Waals surface area contributed by atoms with Gasteiger partial charge in [-0.15, -0.1) is 0 Å².